The third-order valence-electron chi connectivity index (χ3n) is 2.80. The fraction of sp³-hybridized carbons (Fsp3) is 1.00. The molecule has 1 fully saturated rings. The molecular formula is C10H23N3O2S. The van der Waals surface area contributed by atoms with Crippen molar-refractivity contribution < 1.29 is 8.42 Å². The second kappa shape index (κ2) is 5.44. The highest BCUT2D eigenvalue weighted by molar-refractivity contribution is 7.87. The van der Waals surface area contributed by atoms with Crippen molar-refractivity contribution in [2.45, 2.75) is 58.2 Å². The molecule has 0 radical (unpaired) electrons. The van der Waals surface area contributed by atoms with Gasteiger partial charge < -0.3 is 5.73 Å². The minimum absolute atomic E-state index is 0.0648. The van der Waals surface area contributed by atoms with E-state index in [9.17, 15) is 8.42 Å². The van der Waals surface area contributed by atoms with Gasteiger partial charge in [-0.3, -0.25) is 0 Å². The molecule has 6 heteroatoms. The second-order valence-electron chi connectivity index (χ2n) is 4.81. The summed E-state index contributed by atoms with van der Waals surface area (Å²) in [6.45, 7) is 6.09. The summed E-state index contributed by atoms with van der Waals surface area (Å²) in [5.41, 5.74) is 5.85. The monoisotopic (exact) mass is 249 g/mol. The number of hydrogen-bond donors (Lipinski definition) is 2. The van der Waals surface area contributed by atoms with Crippen molar-refractivity contribution in [3.8, 4) is 0 Å². The highest BCUT2D eigenvalue weighted by atomic mass is 32.2. The molecule has 2 atom stereocenters. The Labute approximate surface area is 98.6 Å². The minimum Gasteiger partial charge on any atom is -0.326 e. The Bertz CT molecular complexity index is 314. The summed E-state index contributed by atoms with van der Waals surface area (Å²) in [5.74, 6) is 0. The summed E-state index contributed by atoms with van der Waals surface area (Å²) in [7, 11) is -3.37. The maximum atomic E-state index is 12.1. The molecule has 0 aliphatic carbocycles. The first-order valence-electron chi connectivity index (χ1n) is 5.89. The van der Waals surface area contributed by atoms with Crippen LogP contribution in [0.1, 0.15) is 40.0 Å². The van der Waals surface area contributed by atoms with Gasteiger partial charge >= 0.3 is 0 Å². The van der Waals surface area contributed by atoms with Crippen LogP contribution in [-0.2, 0) is 10.2 Å². The Morgan fingerprint density at radius 3 is 2.44 bits per heavy atom. The third kappa shape index (κ3) is 3.41. The topological polar surface area (TPSA) is 75.4 Å². The molecular weight excluding hydrogens is 226 g/mol. The zero-order valence-electron chi connectivity index (χ0n) is 10.3. The molecule has 0 bridgehead atoms. The van der Waals surface area contributed by atoms with Gasteiger partial charge in [0.1, 0.15) is 0 Å². The number of rotatable bonds is 4. The lowest BCUT2D eigenvalue weighted by Gasteiger charge is -2.37. The van der Waals surface area contributed by atoms with Crippen molar-refractivity contribution in [2.75, 3.05) is 6.54 Å². The predicted molar refractivity (Wildman–Crippen MR) is 65.2 cm³/mol. The Morgan fingerprint density at radius 2 is 1.94 bits per heavy atom. The van der Waals surface area contributed by atoms with E-state index in [1.807, 2.05) is 20.8 Å². The van der Waals surface area contributed by atoms with Crippen molar-refractivity contribution in [1.82, 2.24) is 9.03 Å². The molecule has 3 N–H and O–H groups in total. The summed E-state index contributed by atoms with van der Waals surface area (Å²) in [6, 6.07) is -0.269. The average molecular weight is 249 g/mol. The van der Waals surface area contributed by atoms with Crippen LogP contribution in [0.3, 0.4) is 0 Å². The highest BCUT2D eigenvalue weighted by Gasteiger charge is 2.34. The zero-order valence-corrected chi connectivity index (χ0v) is 11.1. The maximum Gasteiger partial charge on any atom is 0.279 e. The fourth-order valence-corrected chi connectivity index (χ4v) is 3.87. The van der Waals surface area contributed by atoms with Crippen molar-refractivity contribution in [3.05, 3.63) is 0 Å². The largest absolute Gasteiger partial charge is 0.326 e. The van der Waals surface area contributed by atoms with Gasteiger partial charge in [0, 0.05) is 24.7 Å². The number of piperidine rings is 1. The van der Waals surface area contributed by atoms with Crippen LogP contribution in [0.2, 0.25) is 0 Å². The summed E-state index contributed by atoms with van der Waals surface area (Å²) in [6.07, 6.45) is 2.83. The van der Waals surface area contributed by atoms with Crippen LogP contribution in [-0.4, -0.2) is 37.4 Å². The summed E-state index contributed by atoms with van der Waals surface area (Å²) >= 11 is 0. The van der Waals surface area contributed by atoms with E-state index in [1.54, 1.807) is 0 Å². The van der Waals surface area contributed by atoms with E-state index < -0.39 is 10.2 Å². The number of nitrogens with zero attached hydrogens (tertiary/aromatic N) is 1. The average Bonchev–Trinajstić information content (AvgIpc) is 2.15. The molecule has 16 heavy (non-hydrogen) atoms. The van der Waals surface area contributed by atoms with Crippen LogP contribution in [0.15, 0.2) is 0 Å². The fourth-order valence-electron chi connectivity index (χ4n) is 2.12. The van der Waals surface area contributed by atoms with Crippen LogP contribution in [0.5, 0.6) is 0 Å². The first-order chi connectivity index (χ1) is 7.34. The third-order valence-corrected chi connectivity index (χ3v) is 4.64. The normalized spacial score (nSPS) is 25.9. The molecule has 0 aromatic rings. The molecule has 5 nitrogen and oxygen atoms in total. The lowest BCUT2D eigenvalue weighted by molar-refractivity contribution is 0.224. The highest BCUT2D eigenvalue weighted by Crippen LogP contribution is 2.21. The van der Waals surface area contributed by atoms with E-state index in [-0.39, 0.29) is 18.1 Å². The molecule has 0 aromatic carbocycles. The summed E-state index contributed by atoms with van der Waals surface area (Å²) in [4.78, 5) is 0. The molecule has 96 valence electrons. The smallest absolute Gasteiger partial charge is 0.279 e. The zero-order chi connectivity index (χ0) is 12.3. The van der Waals surface area contributed by atoms with Gasteiger partial charge in [0.15, 0.2) is 0 Å². The minimum atomic E-state index is -3.37. The van der Waals surface area contributed by atoms with E-state index in [0.717, 1.165) is 19.3 Å². The second-order valence-corrected chi connectivity index (χ2v) is 6.47. The van der Waals surface area contributed by atoms with Gasteiger partial charge in [-0.25, -0.2) is 0 Å². The van der Waals surface area contributed by atoms with E-state index >= 15 is 0 Å². The standard InChI is InChI=1S/C10H23N3O2S/c1-8(2)12-16(14,15)13-7-5-4-6-10(13)9(3)11/h8-10,12H,4-7,11H2,1-3H3. The molecule has 0 aromatic heterocycles. The molecule has 2 unspecified atom stereocenters. The first-order valence-corrected chi connectivity index (χ1v) is 7.33. The first kappa shape index (κ1) is 13.9. The van der Waals surface area contributed by atoms with Crippen LogP contribution < -0.4 is 10.5 Å². The lowest BCUT2D eigenvalue weighted by Crippen LogP contribution is -2.55. The van der Waals surface area contributed by atoms with Gasteiger partial charge in [0.25, 0.3) is 10.2 Å². The van der Waals surface area contributed by atoms with Gasteiger partial charge in [-0.15, -0.1) is 0 Å². The molecule has 0 spiro atoms. The predicted octanol–water partition coefficient (Wildman–Crippen LogP) is 0.431. The molecule has 1 saturated heterocycles. The van der Waals surface area contributed by atoms with Crippen LogP contribution in [0.25, 0.3) is 0 Å². The van der Waals surface area contributed by atoms with Gasteiger partial charge in [-0.1, -0.05) is 6.42 Å². The van der Waals surface area contributed by atoms with Crippen molar-refractivity contribution in [2.24, 2.45) is 5.73 Å². The molecule has 0 amide bonds. The summed E-state index contributed by atoms with van der Waals surface area (Å²) in [5, 5.41) is 0. The van der Waals surface area contributed by atoms with Crippen molar-refractivity contribution >= 4 is 10.2 Å². The van der Waals surface area contributed by atoms with E-state index in [1.165, 1.54) is 4.31 Å². The Kier molecular flexibility index (Phi) is 4.73. The Balaban J connectivity index is 2.82. The van der Waals surface area contributed by atoms with Crippen molar-refractivity contribution in [3.63, 3.8) is 0 Å². The van der Waals surface area contributed by atoms with Gasteiger partial charge in [0.05, 0.1) is 0 Å². The Morgan fingerprint density at radius 1 is 1.31 bits per heavy atom. The van der Waals surface area contributed by atoms with Gasteiger partial charge in [-0.05, 0) is 33.6 Å². The SMILES string of the molecule is CC(C)NS(=O)(=O)N1CCCCC1C(C)N. The van der Waals surface area contributed by atoms with Crippen LogP contribution in [0.4, 0.5) is 0 Å². The van der Waals surface area contributed by atoms with Gasteiger partial charge in [0.2, 0.25) is 0 Å². The van der Waals surface area contributed by atoms with E-state index in [0.29, 0.717) is 6.54 Å². The van der Waals surface area contributed by atoms with Crippen LogP contribution in [0, 0.1) is 0 Å². The van der Waals surface area contributed by atoms with E-state index in [4.69, 9.17) is 5.73 Å². The van der Waals surface area contributed by atoms with Gasteiger partial charge in [-0.2, -0.15) is 17.4 Å². The number of nitrogens with two attached hydrogens (primary N) is 1. The molecule has 1 aliphatic rings. The quantitative estimate of drug-likeness (QED) is 0.758. The van der Waals surface area contributed by atoms with Crippen LogP contribution >= 0.6 is 0 Å². The summed E-state index contributed by atoms with van der Waals surface area (Å²) < 4.78 is 28.3. The van der Waals surface area contributed by atoms with Crippen molar-refractivity contribution in [1.29, 1.82) is 0 Å². The molecule has 0 saturated carbocycles. The number of hydrogen-bond acceptors (Lipinski definition) is 3. The van der Waals surface area contributed by atoms with E-state index in [2.05, 4.69) is 4.72 Å². The Hall–Kier alpha value is -0.170. The maximum absolute atomic E-state index is 12.1. The molecule has 1 rings (SSSR count). The molecule has 1 aliphatic heterocycles. The number of nitrogens with one attached hydrogen (secondary N) is 1. The molecule has 1 heterocycles. The lowest BCUT2D eigenvalue weighted by atomic mass is 10.00.